The summed E-state index contributed by atoms with van der Waals surface area (Å²) in [5.41, 5.74) is 1.22. The Balaban J connectivity index is 1.87. The van der Waals surface area contributed by atoms with E-state index in [0.29, 0.717) is 6.04 Å². The van der Waals surface area contributed by atoms with Crippen LogP contribution in [0.15, 0.2) is 18.2 Å². The third-order valence-electron chi connectivity index (χ3n) is 3.38. The Morgan fingerprint density at radius 1 is 1.33 bits per heavy atom. The van der Waals surface area contributed by atoms with Crippen LogP contribution >= 0.6 is 0 Å². The third kappa shape index (κ3) is 3.37. The average Bonchev–Trinajstić information content (AvgIpc) is 2.92. The van der Waals surface area contributed by atoms with Gasteiger partial charge in [-0.2, -0.15) is 0 Å². The summed E-state index contributed by atoms with van der Waals surface area (Å²) in [6, 6.07) is 6.61. The Kier molecular flexibility index (Phi) is 4.84. The van der Waals surface area contributed by atoms with Gasteiger partial charge in [0.1, 0.15) is 11.5 Å². The minimum Gasteiger partial charge on any atom is -0.497 e. The molecule has 1 aliphatic rings. The van der Waals surface area contributed by atoms with Crippen LogP contribution in [0.25, 0.3) is 0 Å². The monoisotopic (exact) mass is 250 g/mol. The first kappa shape index (κ1) is 13.2. The van der Waals surface area contributed by atoms with E-state index >= 15 is 0 Å². The van der Waals surface area contributed by atoms with Gasteiger partial charge in [-0.3, -0.25) is 0 Å². The lowest BCUT2D eigenvalue weighted by atomic mass is 10.1. The van der Waals surface area contributed by atoms with Crippen LogP contribution in [-0.2, 0) is 6.42 Å². The Labute approximate surface area is 109 Å². The van der Waals surface area contributed by atoms with Crippen molar-refractivity contribution in [2.45, 2.75) is 18.9 Å². The third-order valence-corrected chi connectivity index (χ3v) is 3.38. The second-order valence-electron chi connectivity index (χ2n) is 4.57. The van der Waals surface area contributed by atoms with Crippen LogP contribution < -0.4 is 20.1 Å². The first-order chi connectivity index (χ1) is 8.83. The molecule has 1 aromatic carbocycles. The number of benzene rings is 1. The summed E-state index contributed by atoms with van der Waals surface area (Å²) in [6.07, 6.45) is 2.20. The van der Waals surface area contributed by atoms with Crippen LogP contribution in [0, 0.1) is 0 Å². The van der Waals surface area contributed by atoms with Crippen LogP contribution in [0.2, 0.25) is 0 Å². The van der Waals surface area contributed by atoms with Crippen molar-refractivity contribution in [3.63, 3.8) is 0 Å². The van der Waals surface area contributed by atoms with E-state index < -0.39 is 0 Å². The summed E-state index contributed by atoms with van der Waals surface area (Å²) in [5.74, 6) is 1.74. The molecule has 1 heterocycles. The predicted molar refractivity (Wildman–Crippen MR) is 72.5 cm³/mol. The van der Waals surface area contributed by atoms with Gasteiger partial charge in [0.25, 0.3) is 0 Å². The van der Waals surface area contributed by atoms with E-state index in [1.54, 1.807) is 14.2 Å². The second kappa shape index (κ2) is 6.61. The van der Waals surface area contributed by atoms with Crippen molar-refractivity contribution in [1.82, 2.24) is 10.6 Å². The van der Waals surface area contributed by atoms with Gasteiger partial charge in [0.15, 0.2) is 0 Å². The van der Waals surface area contributed by atoms with Gasteiger partial charge in [0.05, 0.1) is 14.2 Å². The van der Waals surface area contributed by atoms with Crippen molar-refractivity contribution >= 4 is 0 Å². The minimum absolute atomic E-state index is 0.620. The van der Waals surface area contributed by atoms with E-state index in [2.05, 4.69) is 16.7 Å². The zero-order valence-corrected chi connectivity index (χ0v) is 11.2. The highest BCUT2D eigenvalue weighted by Crippen LogP contribution is 2.24. The van der Waals surface area contributed by atoms with E-state index in [4.69, 9.17) is 9.47 Å². The molecule has 2 N–H and O–H groups in total. The molecule has 0 aromatic heterocycles. The number of methoxy groups -OCH3 is 2. The first-order valence-corrected chi connectivity index (χ1v) is 6.48. The lowest BCUT2D eigenvalue weighted by molar-refractivity contribution is 0.390. The van der Waals surface area contributed by atoms with Gasteiger partial charge in [0.2, 0.25) is 0 Å². The van der Waals surface area contributed by atoms with Crippen molar-refractivity contribution in [1.29, 1.82) is 0 Å². The van der Waals surface area contributed by atoms with Crippen molar-refractivity contribution in [2.75, 3.05) is 33.9 Å². The topological polar surface area (TPSA) is 42.5 Å². The zero-order valence-electron chi connectivity index (χ0n) is 11.2. The number of nitrogens with one attached hydrogen (secondary N) is 2. The van der Waals surface area contributed by atoms with E-state index in [1.807, 2.05) is 12.1 Å². The SMILES string of the molecule is COc1ccc(CCNC2CCNC2)c(OC)c1. The zero-order chi connectivity index (χ0) is 12.8. The highest BCUT2D eigenvalue weighted by atomic mass is 16.5. The smallest absolute Gasteiger partial charge is 0.125 e. The molecule has 0 amide bonds. The van der Waals surface area contributed by atoms with Gasteiger partial charge >= 0.3 is 0 Å². The molecule has 0 aliphatic carbocycles. The molecule has 1 saturated heterocycles. The standard InChI is InChI=1S/C14H22N2O2/c1-17-13-4-3-11(14(9-13)18-2)5-8-16-12-6-7-15-10-12/h3-4,9,12,15-16H,5-8,10H2,1-2H3. The Bertz CT molecular complexity index is 376. The molecule has 0 radical (unpaired) electrons. The maximum absolute atomic E-state index is 5.39. The van der Waals surface area contributed by atoms with E-state index in [1.165, 1.54) is 12.0 Å². The lowest BCUT2D eigenvalue weighted by Gasteiger charge is -2.13. The number of hydrogen-bond acceptors (Lipinski definition) is 4. The van der Waals surface area contributed by atoms with E-state index in [-0.39, 0.29) is 0 Å². The molecule has 100 valence electrons. The number of hydrogen-bond donors (Lipinski definition) is 2. The molecule has 18 heavy (non-hydrogen) atoms. The lowest BCUT2D eigenvalue weighted by Crippen LogP contribution is -2.32. The van der Waals surface area contributed by atoms with Crippen molar-refractivity contribution in [3.05, 3.63) is 23.8 Å². The van der Waals surface area contributed by atoms with Crippen molar-refractivity contribution in [3.8, 4) is 11.5 Å². The normalized spacial score (nSPS) is 18.9. The summed E-state index contributed by atoms with van der Waals surface area (Å²) in [5, 5.41) is 6.92. The fraction of sp³-hybridized carbons (Fsp3) is 0.571. The summed E-state index contributed by atoms with van der Waals surface area (Å²) in [4.78, 5) is 0. The highest BCUT2D eigenvalue weighted by Gasteiger charge is 2.13. The van der Waals surface area contributed by atoms with Gasteiger partial charge in [-0.05, 0) is 37.6 Å². The number of ether oxygens (including phenoxy) is 2. The minimum atomic E-state index is 0.620. The van der Waals surface area contributed by atoms with Crippen LogP contribution in [0.3, 0.4) is 0 Å². The maximum Gasteiger partial charge on any atom is 0.125 e. The van der Waals surface area contributed by atoms with Crippen molar-refractivity contribution in [2.24, 2.45) is 0 Å². The fourth-order valence-electron chi connectivity index (χ4n) is 2.30. The molecule has 1 fully saturated rings. The molecule has 0 bridgehead atoms. The number of rotatable bonds is 6. The second-order valence-corrected chi connectivity index (χ2v) is 4.57. The largest absolute Gasteiger partial charge is 0.497 e. The summed E-state index contributed by atoms with van der Waals surface area (Å²) < 4.78 is 10.6. The van der Waals surface area contributed by atoms with Gasteiger partial charge in [-0.25, -0.2) is 0 Å². The molecule has 0 spiro atoms. The molecule has 1 aliphatic heterocycles. The van der Waals surface area contributed by atoms with E-state index in [0.717, 1.165) is 37.6 Å². The van der Waals surface area contributed by atoms with Crippen LogP contribution in [-0.4, -0.2) is 39.9 Å². The molecule has 2 rings (SSSR count). The first-order valence-electron chi connectivity index (χ1n) is 6.48. The molecule has 1 aromatic rings. The van der Waals surface area contributed by atoms with Gasteiger partial charge in [-0.1, -0.05) is 6.07 Å². The molecular weight excluding hydrogens is 228 g/mol. The van der Waals surface area contributed by atoms with Gasteiger partial charge in [-0.15, -0.1) is 0 Å². The van der Waals surface area contributed by atoms with Crippen molar-refractivity contribution < 1.29 is 9.47 Å². The van der Waals surface area contributed by atoms with Gasteiger partial charge < -0.3 is 20.1 Å². The van der Waals surface area contributed by atoms with Crippen LogP contribution in [0.4, 0.5) is 0 Å². The molecule has 4 nitrogen and oxygen atoms in total. The maximum atomic E-state index is 5.39. The average molecular weight is 250 g/mol. The molecule has 4 heteroatoms. The predicted octanol–water partition coefficient (Wildman–Crippen LogP) is 1.20. The Hall–Kier alpha value is -1.26. The highest BCUT2D eigenvalue weighted by molar-refractivity contribution is 5.40. The summed E-state index contributed by atoms with van der Waals surface area (Å²) in [7, 11) is 3.37. The molecule has 1 atom stereocenters. The molecule has 1 unspecified atom stereocenters. The Morgan fingerprint density at radius 2 is 2.22 bits per heavy atom. The van der Waals surface area contributed by atoms with E-state index in [9.17, 15) is 0 Å². The van der Waals surface area contributed by atoms with Crippen LogP contribution in [0.5, 0.6) is 11.5 Å². The fourth-order valence-corrected chi connectivity index (χ4v) is 2.30. The molecule has 0 saturated carbocycles. The summed E-state index contributed by atoms with van der Waals surface area (Å²) in [6.45, 7) is 3.19. The molecular formula is C14H22N2O2. The quantitative estimate of drug-likeness (QED) is 0.796. The summed E-state index contributed by atoms with van der Waals surface area (Å²) >= 11 is 0. The Morgan fingerprint density at radius 3 is 2.89 bits per heavy atom. The van der Waals surface area contributed by atoms with Crippen LogP contribution in [0.1, 0.15) is 12.0 Å². The van der Waals surface area contributed by atoms with Gasteiger partial charge in [0, 0.05) is 18.7 Å².